The summed E-state index contributed by atoms with van der Waals surface area (Å²) in [6.45, 7) is 5.42. The average molecular weight is 375 g/mol. The first kappa shape index (κ1) is 19.4. The molecule has 8 nitrogen and oxygen atoms in total. The summed E-state index contributed by atoms with van der Waals surface area (Å²) >= 11 is 0. The van der Waals surface area contributed by atoms with E-state index in [2.05, 4.69) is 10.4 Å². The molecule has 0 bridgehead atoms. The van der Waals surface area contributed by atoms with E-state index in [1.165, 1.54) is 0 Å². The summed E-state index contributed by atoms with van der Waals surface area (Å²) in [5.74, 6) is -0.291. The van der Waals surface area contributed by atoms with Crippen LogP contribution < -0.4 is 5.32 Å². The van der Waals surface area contributed by atoms with Gasteiger partial charge in [0.05, 0.1) is 5.92 Å². The number of carbonyl (C=O) groups excluding carboxylic acids is 3. The maximum Gasteiger partial charge on any atom is 0.274 e. The van der Waals surface area contributed by atoms with Crippen molar-refractivity contribution in [2.75, 3.05) is 26.2 Å². The van der Waals surface area contributed by atoms with Crippen LogP contribution in [0.4, 0.5) is 0 Å². The van der Waals surface area contributed by atoms with E-state index in [1.54, 1.807) is 22.6 Å². The molecule has 8 heteroatoms. The zero-order valence-corrected chi connectivity index (χ0v) is 16.4. The Hall–Kier alpha value is -2.38. The van der Waals surface area contributed by atoms with Crippen LogP contribution in [0.5, 0.6) is 0 Å². The monoisotopic (exact) mass is 375 g/mol. The fourth-order valence-corrected chi connectivity index (χ4v) is 4.20. The molecular formula is C19H29N5O3. The lowest BCUT2D eigenvalue weighted by molar-refractivity contribution is -0.134. The number of aromatic nitrogens is 2. The molecule has 2 fully saturated rings. The van der Waals surface area contributed by atoms with Gasteiger partial charge in [-0.15, -0.1) is 0 Å². The summed E-state index contributed by atoms with van der Waals surface area (Å²) in [6, 6.07) is 1.75. The molecule has 1 saturated heterocycles. The van der Waals surface area contributed by atoms with Crippen LogP contribution in [-0.2, 0) is 16.6 Å². The minimum Gasteiger partial charge on any atom is -0.354 e. The van der Waals surface area contributed by atoms with Crippen LogP contribution in [0, 0.1) is 12.8 Å². The van der Waals surface area contributed by atoms with E-state index in [4.69, 9.17) is 0 Å². The Kier molecular flexibility index (Phi) is 5.82. The van der Waals surface area contributed by atoms with Gasteiger partial charge in [-0.1, -0.05) is 6.42 Å². The van der Waals surface area contributed by atoms with Crippen molar-refractivity contribution in [3.8, 4) is 0 Å². The van der Waals surface area contributed by atoms with Gasteiger partial charge in [-0.3, -0.25) is 19.1 Å². The summed E-state index contributed by atoms with van der Waals surface area (Å²) < 4.78 is 1.68. The lowest BCUT2D eigenvalue weighted by atomic mass is 10.0. The van der Waals surface area contributed by atoms with Gasteiger partial charge in [-0.25, -0.2) is 0 Å². The molecule has 1 N–H and O–H groups in total. The highest BCUT2D eigenvalue weighted by Gasteiger charge is 2.38. The van der Waals surface area contributed by atoms with Gasteiger partial charge in [-0.05, 0) is 32.3 Å². The van der Waals surface area contributed by atoms with Gasteiger partial charge >= 0.3 is 0 Å². The Labute approximate surface area is 159 Å². The Morgan fingerprint density at radius 2 is 1.96 bits per heavy atom. The third-order valence-electron chi connectivity index (χ3n) is 5.75. The molecule has 1 aromatic rings. The molecule has 1 aromatic heterocycles. The van der Waals surface area contributed by atoms with Crippen molar-refractivity contribution < 1.29 is 14.4 Å². The van der Waals surface area contributed by atoms with Crippen LogP contribution in [0.25, 0.3) is 0 Å². The van der Waals surface area contributed by atoms with Gasteiger partial charge in [0.1, 0.15) is 0 Å². The van der Waals surface area contributed by atoms with E-state index < -0.39 is 0 Å². The Morgan fingerprint density at radius 1 is 1.19 bits per heavy atom. The van der Waals surface area contributed by atoms with Gasteiger partial charge < -0.3 is 15.1 Å². The zero-order valence-electron chi connectivity index (χ0n) is 16.4. The quantitative estimate of drug-likeness (QED) is 0.783. The predicted octanol–water partition coefficient (Wildman–Crippen LogP) is 0.708. The number of carbonyl (C=O) groups is 3. The lowest BCUT2D eigenvalue weighted by Crippen LogP contribution is -2.46. The predicted molar refractivity (Wildman–Crippen MR) is 100.0 cm³/mol. The fourth-order valence-electron chi connectivity index (χ4n) is 4.20. The fraction of sp³-hybridized carbons (Fsp3) is 0.684. The first-order chi connectivity index (χ1) is 12.9. The van der Waals surface area contributed by atoms with Crippen LogP contribution in [-0.4, -0.2) is 69.5 Å². The van der Waals surface area contributed by atoms with Crippen molar-refractivity contribution in [1.29, 1.82) is 0 Å². The minimum atomic E-state index is -0.144. The number of fused-ring (bicyclic) bond motifs is 1. The van der Waals surface area contributed by atoms with Crippen molar-refractivity contribution in [2.24, 2.45) is 13.0 Å². The molecule has 0 unspecified atom stereocenters. The largest absolute Gasteiger partial charge is 0.354 e. The highest BCUT2D eigenvalue weighted by atomic mass is 16.2. The van der Waals surface area contributed by atoms with E-state index in [-0.39, 0.29) is 29.7 Å². The molecule has 0 spiro atoms. The standard InChI is InChI=1S/C19H29N5O3/c1-13-12-16(21-22(13)3)19(27)23-9-5-10-24(14(2)25)17-7-4-6-15(17)18(26)20-8-11-23/h12,15,17H,4-11H2,1-3H3,(H,20,26)/t15-,17+/m1/s1. The van der Waals surface area contributed by atoms with Crippen molar-refractivity contribution in [3.05, 3.63) is 17.5 Å². The van der Waals surface area contributed by atoms with E-state index in [0.717, 1.165) is 25.0 Å². The molecule has 2 aliphatic rings. The number of nitrogens with one attached hydrogen (secondary N) is 1. The molecule has 3 amide bonds. The van der Waals surface area contributed by atoms with Crippen LogP contribution in [0.2, 0.25) is 0 Å². The van der Waals surface area contributed by atoms with E-state index in [9.17, 15) is 14.4 Å². The number of amides is 3. The molecule has 2 heterocycles. The number of aryl methyl sites for hydroxylation is 2. The minimum absolute atomic E-state index is 0.00262. The van der Waals surface area contributed by atoms with Crippen molar-refractivity contribution in [2.45, 2.75) is 45.6 Å². The van der Waals surface area contributed by atoms with E-state index in [0.29, 0.717) is 38.3 Å². The highest BCUT2D eigenvalue weighted by molar-refractivity contribution is 5.92. The summed E-state index contributed by atoms with van der Waals surface area (Å²) in [6.07, 6.45) is 3.34. The summed E-state index contributed by atoms with van der Waals surface area (Å²) in [5, 5.41) is 7.25. The third-order valence-corrected chi connectivity index (χ3v) is 5.75. The topological polar surface area (TPSA) is 87.5 Å². The van der Waals surface area contributed by atoms with Crippen LogP contribution >= 0.6 is 0 Å². The molecule has 1 aliphatic heterocycles. The van der Waals surface area contributed by atoms with Gasteiger partial charge in [0.15, 0.2) is 5.69 Å². The number of hydrogen-bond donors (Lipinski definition) is 1. The van der Waals surface area contributed by atoms with Crippen LogP contribution in [0.1, 0.15) is 48.8 Å². The van der Waals surface area contributed by atoms with Gasteiger partial charge in [0, 0.05) is 51.9 Å². The molecule has 1 aliphatic carbocycles. The second-order valence-electron chi connectivity index (χ2n) is 7.55. The van der Waals surface area contributed by atoms with Crippen LogP contribution in [0.15, 0.2) is 6.07 Å². The summed E-state index contributed by atoms with van der Waals surface area (Å²) in [4.78, 5) is 41.2. The first-order valence-electron chi connectivity index (χ1n) is 9.73. The normalized spacial score (nSPS) is 24.2. The van der Waals surface area contributed by atoms with E-state index in [1.807, 2.05) is 18.9 Å². The molecule has 27 heavy (non-hydrogen) atoms. The average Bonchev–Trinajstić information content (AvgIpc) is 3.22. The third kappa shape index (κ3) is 4.14. The van der Waals surface area contributed by atoms with E-state index >= 15 is 0 Å². The number of rotatable bonds is 1. The van der Waals surface area contributed by atoms with Crippen molar-refractivity contribution in [3.63, 3.8) is 0 Å². The Morgan fingerprint density at radius 3 is 2.63 bits per heavy atom. The Balaban J connectivity index is 1.76. The maximum atomic E-state index is 12.9. The Bertz CT molecular complexity index is 709. The van der Waals surface area contributed by atoms with Gasteiger partial charge in [-0.2, -0.15) is 5.10 Å². The molecule has 1 saturated carbocycles. The molecule has 2 atom stereocenters. The van der Waals surface area contributed by atoms with Gasteiger partial charge in [0.25, 0.3) is 5.91 Å². The maximum absolute atomic E-state index is 12.9. The van der Waals surface area contributed by atoms with Gasteiger partial charge in [0.2, 0.25) is 11.8 Å². The second-order valence-corrected chi connectivity index (χ2v) is 7.55. The molecular weight excluding hydrogens is 346 g/mol. The smallest absolute Gasteiger partial charge is 0.274 e. The highest BCUT2D eigenvalue weighted by Crippen LogP contribution is 2.30. The number of nitrogens with zero attached hydrogens (tertiary/aromatic N) is 4. The van der Waals surface area contributed by atoms with Crippen molar-refractivity contribution in [1.82, 2.24) is 24.9 Å². The summed E-state index contributed by atoms with van der Waals surface area (Å²) in [7, 11) is 1.81. The molecule has 0 radical (unpaired) electrons. The number of hydrogen-bond acceptors (Lipinski definition) is 4. The molecule has 0 aromatic carbocycles. The second kappa shape index (κ2) is 8.10. The van der Waals surface area contributed by atoms with Crippen molar-refractivity contribution >= 4 is 17.7 Å². The SMILES string of the molecule is CC(=O)N1CCCN(C(=O)c2cc(C)n(C)n2)CCNC(=O)[C@@H]2CCC[C@@H]21. The first-order valence-corrected chi connectivity index (χ1v) is 9.73. The molecule has 3 rings (SSSR count). The zero-order chi connectivity index (χ0) is 19.6. The molecule has 148 valence electrons. The summed E-state index contributed by atoms with van der Waals surface area (Å²) in [5.41, 5.74) is 1.33. The lowest BCUT2D eigenvalue weighted by Gasteiger charge is -2.31. The van der Waals surface area contributed by atoms with Crippen LogP contribution in [0.3, 0.4) is 0 Å².